The smallest absolute Gasteiger partial charge is 0.217 e. The van der Waals surface area contributed by atoms with Gasteiger partial charge in [-0.2, -0.15) is 0 Å². The Morgan fingerprint density at radius 2 is 2.24 bits per heavy atom. The Bertz CT molecular complexity index is 331. The van der Waals surface area contributed by atoms with Gasteiger partial charge in [-0.15, -0.1) is 0 Å². The first kappa shape index (κ1) is 13.7. The zero-order valence-corrected chi connectivity index (χ0v) is 9.65. The first-order valence-electron chi connectivity index (χ1n) is 5.27. The average molecular weight is 244 g/mol. The normalized spacial score (nSPS) is 37.1. The number of nitrogens with zero attached hydrogens (tertiary/aromatic N) is 3. The molecule has 17 heavy (non-hydrogen) atoms. The summed E-state index contributed by atoms with van der Waals surface area (Å²) < 4.78 is 5.20. The van der Waals surface area contributed by atoms with Crippen molar-refractivity contribution in [2.24, 2.45) is 11.0 Å². The minimum Gasteiger partial charge on any atom is -0.390 e. The van der Waals surface area contributed by atoms with Crippen LogP contribution in [-0.2, 0) is 9.53 Å². The quantitative estimate of drug-likeness (QED) is 0.351. The maximum absolute atomic E-state index is 10.9. The molecule has 1 unspecified atom stereocenters. The van der Waals surface area contributed by atoms with Crippen molar-refractivity contribution in [1.82, 2.24) is 5.32 Å². The Morgan fingerprint density at radius 3 is 2.76 bits per heavy atom. The monoisotopic (exact) mass is 244 g/mol. The lowest BCUT2D eigenvalue weighted by molar-refractivity contribution is -0.225. The molecular formula is C9H16N4O4. The summed E-state index contributed by atoms with van der Waals surface area (Å²) in [6.45, 7) is 3.01. The van der Waals surface area contributed by atoms with Crippen molar-refractivity contribution in [2.45, 2.75) is 38.4 Å². The molecule has 1 heterocycles. The SMILES string of the molecule is CC(=O)N[C@@H]1C(O)O[C@@H](CN=[N+]=[N-])[C@@H](C)[C@@H]1O. The largest absolute Gasteiger partial charge is 0.390 e. The van der Waals surface area contributed by atoms with Gasteiger partial charge in [-0.25, -0.2) is 0 Å². The van der Waals surface area contributed by atoms with Gasteiger partial charge in [0, 0.05) is 17.8 Å². The summed E-state index contributed by atoms with van der Waals surface area (Å²) in [5.74, 6) is -0.724. The summed E-state index contributed by atoms with van der Waals surface area (Å²) in [6, 6.07) is -0.871. The fourth-order valence-electron chi connectivity index (χ4n) is 1.82. The first-order chi connectivity index (χ1) is 7.97. The van der Waals surface area contributed by atoms with Gasteiger partial charge in [-0.05, 0) is 5.53 Å². The molecular weight excluding hydrogens is 228 g/mol. The number of aliphatic hydroxyl groups is 2. The third-order valence-corrected chi connectivity index (χ3v) is 2.81. The zero-order valence-electron chi connectivity index (χ0n) is 9.65. The van der Waals surface area contributed by atoms with E-state index in [-0.39, 0.29) is 18.4 Å². The molecule has 3 N–H and O–H groups in total. The van der Waals surface area contributed by atoms with E-state index in [0.717, 1.165) is 0 Å². The summed E-state index contributed by atoms with van der Waals surface area (Å²) in [5, 5.41) is 25.3. The van der Waals surface area contributed by atoms with E-state index >= 15 is 0 Å². The number of aliphatic hydroxyl groups excluding tert-OH is 2. The molecule has 8 nitrogen and oxygen atoms in total. The summed E-state index contributed by atoms with van der Waals surface area (Å²) in [4.78, 5) is 13.5. The molecule has 0 radical (unpaired) electrons. The molecule has 1 amide bonds. The fourth-order valence-corrected chi connectivity index (χ4v) is 1.82. The Hall–Kier alpha value is -1.34. The number of nitrogens with one attached hydrogen (secondary N) is 1. The van der Waals surface area contributed by atoms with Crippen LogP contribution in [0.3, 0.4) is 0 Å². The number of azide groups is 1. The summed E-state index contributed by atoms with van der Waals surface area (Å²) in [5.41, 5.74) is 8.21. The number of rotatable bonds is 3. The lowest BCUT2D eigenvalue weighted by atomic mass is 9.89. The second kappa shape index (κ2) is 5.83. The Labute approximate surface area is 98.2 Å². The molecule has 5 atom stereocenters. The minimum atomic E-state index is -1.32. The van der Waals surface area contributed by atoms with Gasteiger partial charge in [-0.3, -0.25) is 4.79 Å². The summed E-state index contributed by atoms with van der Waals surface area (Å²) >= 11 is 0. The van der Waals surface area contributed by atoms with Crippen LogP contribution in [0.4, 0.5) is 0 Å². The Morgan fingerprint density at radius 1 is 1.59 bits per heavy atom. The van der Waals surface area contributed by atoms with Crippen molar-refractivity contribution in [3.05, 3.63) is 10.4 Å². The first-order valence-corrected chi connectivity index (χ1v) is 5.27. The predicted octanol–water partition coefficient (Wildman–Crippen LogP) is -0.484. The fraction of sp³-hybridized carbons (Fsp3) is 0.889. The van der Waals surface area contributed by atoms with Gasteiger partial charge >= 0.3 is 0 Å². The molecule has 0 spiro atoms. The number of hydrogen-bond donors (Lipinski definition) is 3. The van der Waals surface area contributed by atoms with E-state index in [2.05, 4.69) is 15.3 Å². The topological polar surface area (TPSA) is 128 Å². The van der Waals surface area contributed by atoms with E-state index in [1.807, 2.05) is 0 Å². The number of hydrogen-bond acceptors (Lipinski definition) is 5. The highest BCUT2D eigenvalue weighted by Gasteiger charge is 2.42. The number of ether oxygens (including phenoxy) is 1. The molecule has 0 aromatic carbocycles. The van der Waals surface area contributed by atoms with Crippen molar-refractivity contribution < 1.29 is 19.7 Å². The van der Waals surface area contributed by atoms with E-state index in [0.29, 0.717) is 0 Å². The second-order valence-corrected chi connectivity index (χ2v) is 4.05. The van der Waals surface area contributed by atoms with Gasteiger partial charge in [0.2, 0.25) is 5.91 Å². The highest BCUT2D eigenvalue weighted by atomic mass is 16.6. The molecule has 1 fully saturated rings. The van der Waals surface area contributed by atoms with E-state index in [1.165, 1.54) is 6.92 Å². The van der Waals surface area contributed by atoms with Crippen molar-refractivity contribution in [3.63, 3.8) is 0 Å². The second-order valence-electron chi connectivity index (χ2n) is 4.05. The van der Waals surface area contributed by atoms with Crippen LogP contribution < -0.4 is 5.32 Å². The standard InChI is InChI=1S/C9H16N4O4/c1-4-6(3-11-13-10)17-9(16)7(8(4)15)12-5(2)14/h4,6-9,15-16H,3H2,1-2H3,(H,12,14)/t4-,6+,7+,8+,9?/m1/s1. The molecule has 0 aromatic rings. The van der Waals surface area contributed by atoms with Crippen molar-refractivity contribution in [3.8, 4) is 0 Å². The zero-order chi connectivity index (χ0) is 13.0. The van der Waals surface area contributed by atoms with E-state index in [9.17, 15) is 15.0 Å². The molecule has 0 aliphatic carbocycles. The van der Waals surface area contributed by atoms with Crippen molar-refractivity contribution in [2.75, 3.05) is 6.54 Å². The molecule has 1 rings (SSSR count). The van der Waals surface area contributed by atoms with Crippen LogP contribution in [-0.4, -0.2) is 47.2 Å². The summed E-state index contributed by atoms with van der Waals surface area (Å²) in [6.07, 6.45) is -2.84. The van der Waals surface area contributed by atoms with E-state index in [4.69, 9.17) is 10.3 Å². The van der Waals surface area contributed by atoms with Crippen LogP contribution in [0.1, 0.15) is 13.8 Å². The van der Waals surface area contributed by atoms with Crippen LogP contribution in [0.2, 0.25) is 0 Å². The highest BCUT2D eigenvalue weighted by Crippen LogP contribution is 2.25. The molecule has 96 valence electrons. The number of amides is 1. The van der Waals surface area contributed by atoms with Crippen molar-refractivity contribution in [1.29, 1.82) is 0 Å². The van der Waals surface area contributed by atoms with Gasteiger partial charge < -0.3 is 20.3 Å². The predicted molar refractivity (Wildman–Crippen MR) is 57.7 cm³/mol. The Balaban J connectivity index is 2.71. The lowest BCUT2D eigenvalue weighted by Gasteiger charge is -2.41. The van der Waals surface area contributed by atoms with E-state index < -0.39 is 24.5 Å². The van der Waals surface area contributed by atoms with Gasteiger partial charge in [0.25, 0.3) is 0 Å². The van der Waals surface area contributed by atoms with Crippen LogP contribution in [0.15, 0.2) is 5.11 Å². The third kappa shape index (κ3) is 3.31. The van der Waals surface area contributed by atoms with Crippen LogP contribution in [0.25, 0.3) is 10.4 Å². The van der Waals surface area contributed by atoms with Gasteiger partial charge in [0.05, 0.1) is 18.8 Å². The van der Waals surface area contributed by atoms with Crippen molar-refractivity contribution >= 4 is 5.91 Å². The summed E-state index contributed by atoms with van der Waals surface area (Å²) in [7, 11) is 0. The molecule has 0 bridgehead atoms. The van der Waals surface area contributed by atoms with Gasteiger partial charge in [0.15, 0.2) is 6.29 Å². The number of carbonyl (C=O) groups excluding carboxylic acids is 1. The van der Waals surface area contributed by atoms with Crippen LogP contribution in [0, 0.1) is 5.92 Å². The maximum atomic E-state index is 10.9. The lowest BCUT2D eigenvalue weighted by Crippen LogP contribution is -2.60. The molecule has 0 aromatic heterocycles. The van der Waals surface area contributed by atoms with Gasteiger partial charge in [-0.1, -0.05) is 12.0 Å². The molecule has 1 aliphatic heterocycles. The minimum absolute atomic E-state index is 0.0264. The van der Waals surface area contributed by atoms with Crippen LogP contribution >= 0.6 is 0 Å². The van der Waals surface area contributed by atoms with Crippen LogP contribution in [0.5, 0.6) is 0 Å². The third-order valence-electron chi connectivity index (χ3n) is 2.81. The molecule has 8 heteroatoms. The maximum Gasteiger partial charge on any atom is 0.217 e. The average Bonchev–Trinajstić information content (AvgIpc) is 2.27. The Kier molecular flexibility index (Phi) is 4.71. The molecule has 1 saturated heterocycles. The number of carbonyl (C=O) groups is 1. The highest BCUT2D eigenvalue weighted by molar-refractivity contribution is 5.73. The molecule has 0 saturated carbocycles. The van der Waals surface area contributed by atoms with E-state index in [1.54, 1.807) is 6.92 Å². The van der Waals surface area contributed by atoms with Gasteiger partial charge in [0.1, 0.15) is 6.04 Å². The molecule has 1 aliphatic rings.